The van der Waals surface area contributed by atoms with Crippen molar-refractivity contribution in [3.8, 4) is 6.07 Å². The summed E-state index contributed by atoms with van der Waals surface area (Å²) in [7, 11) is 1.93. The largest absolute Gasteiger partial charge is 0.325 e. The molecule has 2 aromatic rings. The Bertz CT molecular complexity index is 629. The molecule has 0 radical (unpaired) electrons. The Morgan fingerprint density at radius 1 is 1.38 bits per heavy atom. The molecule has 0 saturated carbocycles. The first-order chi connectivity index (χ1) is 10.1. The fourth-order valence-electron chi connectivity index (χ4n) is 1.94. The Hall–Kier alpha value is -2.16. The molecular weight excluding hydrogens is 282 g/mol. The molecule has 4 nitrogen and oxygen atoms in total. The van der Waals surface area contributed by atoms with Crippen molar-refractivity contribution in [2.24, 2.45) is 0 Å². The lowest BCUT2D eigenvalue weighted by atomic mass is 10.2. The molecule has 1 aromatic heterocycles. The number of thiophene rings is 1. The van der Waals surface area contributed by atoms with Crippen molar-refractivity contribution in [2.75, 3.05) is 18.9 Å². The van der Waals surface area contributed by atoms with Gasteiger partial charge in [-0.2, -0.15) is 5.26 Å². The van der Waals surface area contributed by atoms with E-state index in [0.717, 1.165) is 0 Å². The quantitative estimate of drug-likeness (QED) is 0.922. The molecule has 0 aliphatic heterocycles. The molecule has 0 saturated heterocycles. The third-order valence-electron chi connectivity index (χ3n) is 3.31. The molecular formula is C16H17N3OS. The van der Waals surface area contributed by atoms with E-state index in [4.69, 9.17) is 5.26 Å². The molecule has 2 rings (SSSR count). The predicted molar refractivity (Wildman–Crippen MR) is 85.2 cm³/mol. The summed E-state index contributed by atoms with van der Waals surface area (Å²) < 4.78 is 0. The van der Waals surface area contributed by atoms with Crippen molar-refractivity contribution in [2.45, 2.75) is 13.0 Å². The molecule has 21 heavy (non-hydrogen) atoms. The van der Waals surface area contributed by atoms with Crippen molar-refractivity contribution in [1.29, 1.82) is 5.26 Å². The average Bonchev–Trinajstić information content (AvgIpc) is 3.01. The first-order valence-electron chi connectivity index (χ1n) is 6.64. The van der Waals surface area contributed by atoms with Crippen LogP contribution in [0.4, 0.5) is 5.69 Å². The summed E-state index contributed by atoms with van der Waals surface area (Å²) in [5.74, 6) is -0.0642. The molecule has 1 aromatic carbocycles. The van der Waals surface area contributed by atoms with E-state index >= 15 is 0 Å². The number of anilines is 1. The zero-order valence-electron chi connectivity index (χ0n) is 12.0. The number of hydrogen-bond acceptors (Lipinski definition) is 4. The standard InChI is InChI=1S/C16H17N3OS/c1-12(15-4-3-9-21-15)19(2)11-16(20)18-14-7-5-13(10-17)6-8-14/h3-9,12H,11H2,1-2H3,(H,18,20)/t12-/m1/s1. The van der Waals surface area contributed by atoms with E-state index in [0.29, 0.717) is 17.8 Å². The lowest BCUT2D eigenvalue weighted by Gasteiger charge is -2.23. The van der Waals surface area contributed by atoms with Crippen LogP contribution in [0, 0.1) is 11.3 Å². The highest BCUT2D eigenvalue weighted by Gasteiger charge is 2.15. The SMILES string of the molecule is C[C@H](c1cccs1)N(C)CC(=O)Nc1ccc(C#N)cc1. The van der Waals surface area contributed by atoms with Crippen LogP contribution in [0.25, 0.3) is 0 Å². The van der Waals surface area contributed by atoms with Gasteiger partial charge in [-0.1, -0.05) is 6.07 Å². The van der Waals surface area contributed by atoms with Gasteiger partial charge in [-0.25, -0.2) is 0 Å². The van der Waals surface area contributed by atoms with E-state index in [2.05, 4.69) is 24.4 Å². The van der Waals surface area contributed by atoms with Gasteiger partial charge in [0.25, 0.3) is 0 Å². The van der Waals surface area contributed by atoms with Crippen molar-refractivity contribution in [3.63, 3.8) is 0 Å². The highest BCUT2D eigenvalue weighted by Crippen LogP contribution is 2.23. The van der Waals surface area contributed by atoms with Gasteiger partial charge in [-0.15, -0.1) is 11.3 Å². The summed E-state index contributed by atoms with van der Waals surface area (Å²) in [4.78, 5) is 15.3. The summed E-state index contributed by atoms with van der Waals surface area (Å²) in [5, 5.41) is 13.6. The van der Waals surface area contributed by atoms with Crippen LogP contribution in [0.2, 0.25) is 0 Å². The van der Waals surface area contributed by atoms with Crippen molar-refractivity contribution < 1.29 is 4.79 Å². The van der Waals surface area contributed by atoms with Gasteiger partial charge in [0.1, 0.15) is 0 Å². The molecule has 108 valence electrons. The van der Waals surface area contributed by atoms with E-state index in [1.165, 1.54) is 4.88 Å². The number of amides is 1. The molecule has 0 aliphatic rings. The Labute approximate surface area is 128 Å². The van der Waals surface area contributed by atoms with E-state index in [9.17, 15) is 4.79 Å². The topological polar surface area (TPSA) is 56.1 Å². The van der Waals surface area contributed by atoms with Crippen LogP contribution in [0.15, 0.2) is 41.8 Å². The lowest BCUT2D eigenvalue weighted by molar-refractivity contribution is -0.117. The minimum Gasteiger partial charge on any atom is -0.325 e. The minimum atomic E-state index is -0.0642. The van der Waals surface area contributed by atoms with Gasteiger partial charge in [-0.3, -0.25) is 9.69 Å². The Morgan fingerprint density at radius 2 is 2.10 bits per heavy atom. The number of carbonyl (C=O) groups is 1. The van der Waals surface area contributed by atoms with Gasteiger partial charge in [0.2, 0.25) is 5.91 Å². The van der Waals surface area contributed by atoms with Crippen LogP contribution < -0.4 is 5.32 Å². The summed E-state index contributed by atoms with van der Waals surface area (Å²) in [6, 6.07) is 13.2. The normalized spacial score (nSPS) is 11.9. The van der Waals surface area contributed by atoms with Crippen LogP contribution in [0.3, 0.4) is 0 Å². The van der Waals surface area contributed by atoms with Gasteiger partial charge in [-0.05, 0) is 49.7 Å². The van der Waals surface area contributed by atoms with Crippen LogP contribution in [-0.2, 0) is 4.79 Å². The molecule has 1 N–H and O–H groups in total. The van der Waals surface area contributed by atoms with Gasteiger partial charge in [0, 0.05) is 16.6 Å². The van der Waals surface area contributed by atoms with E-state index in [-0.39, 0.29) is 11.9 Å². The number of hydrogen-bond donors (Lipinski definition) is 1. The number of nitrogens with zero attached hydrogens (tertiary/aromatic N) is 2. The fraction of sp³-hybridized carbons (Fsp3) is 0.250. The first kappa shape index (κ1) is 15.2. The third kappa shape index (κ3) is 4.15. The summed E-state index contributed by atoms with van der Waals surface area (Å²) in [5.41, 5.74) is 1.28. The van der Waals surface area contributed by atoms with Crippen LogP contribution in [0.1, 0.15) is 23.4 Å². The van der Waals surface area contributed by atoms with Crippen molar-refractivity contribution in [3.05, 3.63) is 52.2 Å². The molecule has 5 heteroatoms. The second-order valence-corrected chi connectivity index (χ2v) is 5.82. The maximum Gasteiger partial charge on any atom is 0.238 e. The highest BCUT2D eigenvalue weighted by atomic mass is 32.1. The predicted octanol–water partition coefficient (Wildman–Crippen LogP) is 3.25. The molecule has 0 spiro atoms. The highest BCUT2D eigenvalue weighted by molar-refractivity contribution is 7.10. The summed E-state index contributed by atoms with van der Waals surface area (Å²) in [6.45, 7) is 2.40. The number of likely N-dealkylation sites (N-methyl/N-ethyl adjacent to an activating group) is 1. The summed E-state index contributed by atoms with van der Waals surface area (Å²) in [6.07, 6.45) is 0. The van der Waals surface area contributed by atoms with Crippen LogP contribution in [0.5, 0.6) is 0 Å². The smallest absolute Gasteiger partial charge is 0.238 e. The number of nitrogens with one attached hydrogen (secondary N) is 1. The monoisotopic (exact) mass is 299 g/mol. The second-order valence-electron chi connectivity index (χ2n) is 4.84. The number of benzene rings is 1. The molecule has 0 bridgehead atoms. The molecule has 0 unspecified atom stereocenters. The van der Waals surface area contributed by atoms with Gasteiger partial charge < -0.3 is 5.32 Å². The Kier molecular flexibility index (Phi) is 5.09. The fourth-order valence-corrected chi connectivity index (χ4v) is 2.79. The first-order valence-corrected chi connectivity index (χ1v) is 7.52. The maximum atomic E-state index is 12.0. The van der Waals surface area contributed by atoms with Crippen molar-refractivity contribution >= 4 is 22.9 Å². The lowest BCUT2D eigenvalue weighted by Crippen LogP contribution is -2.31. The summed E-state index contributed by atoms with van der Waals surface area (Å²) >= 11 is 1.69. The van der Waals surface area contributed by atoms with Crippen LogP contribution >= 0.6 is 11.3 Å². The third-order valence-corrected chi connectivity index (χ3v) is 4.35. The van der Waals surface area contributed by atoms with E-state index in [1.54, 1.807) is 35.6 Å². The average molecular weight is 299 g/mol. The van der Waals surface area contributed by atoms with Crippen LogP contribution in [-0.4, -0.2) is 24.4 Å². The van der Waals surface area contributed by atoms with Gasteiger partial charge in [0.05, 0.1) is 18.2 Å². The zero-order chi connectivity index (χ0) is 15.2. The number of carbonyl (C=O) groups excluding carboxylic acids is 1. The Morgan fingerprint density at radius 3 is 2.67 bits per heavy atom. The number of rotatable bonds is 5. The van der Waals surface area contributed by atoms with Crippen molar-refractivity contribution in [1.82, 2.24) is 4.90 Å². The second kappa shape index (κ2) is 7.02. The molecule has 0 fully saturated rings. The van der Waals surface area contributed by atoms with E-state index in [1.807, 2.05) is 23.4 Å². The number of nitriles is 1. The van der Waals surface area contributed by atoms with Gasteiger partial charge >= 0.3 is 0 Å². The molecule has 1 amide bonds. The molecule has 0 aliphatic carbocycles. The minimum absolute atomic E-state index is 0.0642. The van der Waals surface area contributed by atoms with E-state index < -0.39 is 0 Å². The zero-order valence-corrected chi connectivity index (χ0v) is 12.9. The maximum absolute atomic E-state index is 12.0. The molecule has 1 atom stereocenters. The van der Waals surface area contributed by atoms with Gasteiger partial charge in [0.15, 0.2) is 0 Å². The Balaban J connectivity index is 1.90. The molecule has 1 heterocycles.